The van der Waals surface area contributed by atoms with Gasteiger partial charge in [-0.3, -0.25) is 0 Å². The predicted molar refractivity (Wildman–Crippen MR) is 46.4 cm³/mol. The molecule has 0 saturated heterocycles. The van der Waals surface area contributed by atoms with Crippen LogP contribution in [0.3, 0.4) is 0 Å². The molecule has 0 radical (unpaired) electrons. The monoisotopic (exact) mass is 201 g/mol. The van der Waals surface area contributed by atoms with Crippen LogP contribution in [0.15, 0.2) is 30.3 Å². The van der Waals surface area contributed by atoms with Crippen molar-refractivity contribution in [3.05, 3.63) is 35.9 Å². The van der Waals surface area contributed by atoms with E-state index in [1.54, 1.807) is 0 Å². The van der Waals surface area contributed by atoms with E-state index in [0.717, 1.165) is 5.13 Å². The average molecular weight is 201 g/mol. The van der Waals surface area contributed by atoms with E-state index in [2.05, 4.69) is 38.1 Å². The molecule has 65 valence electrons. The first kappa shape index (κ1) is 9.85. The van der Waals surface area contributed by atoms with Gasteiger partial charge < -0.3 is 0 Å². The molecule has 0 fully saturated rings. The van der Waals surface area contributed by atoms with Gasteiger partial charge in [0.1, 0.15) is 0 Å². The van der Waals surface area contributed by atoms with Gasteiger partial charge in [0.25, 0.3) is 0 Å². The van der Waals surface area contributed by atoms with Gasteiger partial charge in [-0.2, -0.15) is 0 Å². The van der Waals surface area contributed by atoms with Gasteiger partial charge in [-0.1, -0.05) is 0 Å². The Hall–Kier alpha value is -0.236. The van der Waals surface area contributed by atoms with Gasteiger partial charge in [0.05, 0.1) is 0 Å². The van der Waals surface area contributed by atoms with Crippen molar-refractivity contribution < 1.29 is 20.3 Å². The summed E-state index contributed by atoms with van der Waals surface area (Å²) in [5.41, 5.74) is 1.39. The van der Waals surface area contributed by atoms with E-state index in [4.69, 9.17) is 3.66 Å². The Balaban J connectivity index is 2.25. The van der Waals surface area contributed by atoms with Crippen molar-refractivity contribution in [3.8, 4) is 0 Å². The molecule has 0 amide bonds. The fourth-order valence-corrected chi connectivity index (χ4v) is 1.99. The zero-order valence-corrected chi connectivity index (χ0v) is 8.92. The molecule has 0 aliphatic rings. The third-order valence-corrected chi connectivity index (χ3v) is 3.04. The van der Waals surface area contributed by atoms with Gasteiger partial charge in [0.15, 0.2) is 0 Å². The Kier molecular flexibility index (Phi) is 4.45. The van der Waals surface area contributed by atoms with E-state index < -0.39 is 0 Å². The van der Waals surface area contributed by atoms with E-state index in [0.29, 0.717) is 6.10 Å². The number of benzene rings is 1. The van der Waals surface area contributed by atoms with Crippen molar-refractivity contribution >= 4 is 0 Å². The van der Waals surface area contributed by atoms with Gasteiger partial charge in [-0.05, 0) is 0 Å². The Labute approximate surface area is 81.6 Å². The van der Waals surface area contributed by atoms with Crippen LogP contribution in [-0.2, 0) is 25.4 Å². The van der Waals surface area contributed by atoms with Crippen molar-refractivity contribution in [2.45, 2.75) is 25.1 Å². The van der Waals surface area contributed by atoms with E-state index in [1.165, 1.54) is 5.56 Å². The molecule has 12 heavy (non-hydrogen) atoms. The summed E-state index contributed by atoms with van der Waals surface area (Å²) in [5, 5.41) is 1.11. The Bertz CT molecular complexity index is 208. The summed E-state index contributed by atoms with van der Waals surface area (Å²) in [4.78, 5) is 0. The minimum absolute atomic E-state index is 0.0411. The van der Waals surface area contributed by atoms with E-state index >= 15 is 0 Å². The maximum absolute atomic E-state index is 5.54. The standard InChI is InChI=1S/C7H7.C3H7O.V/c1-7-5-3-2-4-6-7;1-3(2)4;/h2-6H,1H2;3H,1-2H3;/q;-1;+1. The van der Waals surface area contributed by atoms with Gasteiger partial charge in [-0.25, -0.2) is 0 Å². The summed E-state index contributed by atoms with van der Waals surface area (Å²) in [5.74, 6) is 0. The summed E-state index contributed by atoms with van der Waals surface area (Å²) in [7, 11) is 0. The third kappa shape index (κ3) is 3.96. The van der Waals surface area contributed by atoms with Gasteiger partial charge >= 0.3 is 81.3 Å². The van der Waals surface area contributed by atoms with E-state index in [1.807, 2.05) is 6.07 Å². The molecule has 0 N–H and O–H groups in total. The molecule has 0 spiro atoms. The van der Waals surface area contributed by atoms with Crippen molar-refractivity contribution in [1.29, 1.82) is 0 Å². The van der Waals surface area contributed by atoms with Crippen molar-refractivity contribution in [3.63, 3.8) is 0 Å². The molecule has 0 bridgehead atoms. The normalized spacial score (nSPS) is 10.2. The summed E-state index contributed by atoms with van der Waals surface area (Å²) < 4.78 is 5.54. The number of hydrogen-bond acceptors (Lipinski definition) is 1. The van der Waals surface area contributed by atoms with Crippen LogP contribution in [0.25, 0.3) is 0 Å². The summed E-state index contributed by atoms with van der Waals surface area (Å²) >= 11 is 0.0411. The first-order chi connectivity index (χ1) is 5.79. The Morgan fingerprint density at radius 2 is 1.92 bits per heavy atom. The predicted octanol–water partition coefficient (Wildman–Crippen LogP) is 2.61. The van der Waals surface area contributed by atoms with Crippen LogP contribution in [0.5, 0.6) is 0 Å². The molecule has 0 heterocycles. The second kappa shape index (κ2) is 5.42. The molecular weight excluding hydrogens is 187 g/mol. The maximum atomic E-state index is 5.54. The molecule has 0 saturated carbocycles. The van der Waals surface area contributed by atoms with Gasteiger partial charge in [-0.15, -0.1) is 0 Å². The molecule has 0 unspecified atom stereocenters. The SMILES string of the molecule is CC(C)[O][V][CH2]c1ccccc1. The fourth-order valence-electron chi connectivity index (χ4n) is 0.844. The van der Waals surface area contributed by atoms with Crippen LogP contribution in [0.1, 0.15) is 19.4 Å². The van der Waals surface area contributed by atoms with Gasteiger partial charge in [0, 0.05) is 0 Å². The molecule has 2 heteroatoms. The van der Waals surface area contributed by atoms with Crippen LogP contribution < -0.4 is 0 Å². The van der Waals surface area contributed by atoms with E-state index in [9.17, 15) is 0 Å². The summed E-state index contributed by atoms with van der Waals surface area (Å²) in [6.07, 6.45) is 0.383. The Morgan fingerprint density at radius 3 is 2.50 bits per heavy atom. The average Bonchev–Trinajstić information content (AvgIpc) is 2.05. The first-order valence-electron chi connectivity index (χ1n) is 4.15. The molecule has 0 aliphatic heterocycles. The quantitative estimate of drug-likeness (QED) is 0.727. The number of hydrogen-bond donors (Lipinski definition) is 0. The van der Waals surface area contributed by atoms with Crippen LogP contribution in [-0.4, -0.2) is 6.10 Å². The van der Waals surface area contributed by atoms with Crippen LogP contribution in [0.2, 0.25) is 0 Å². The molecule has 1 aromatic rings. The zero-order chi connectivity index (χ0) is 8.81. The third-order valence-electron chi connectivity index (χ3n) is 1.38. The molecule has 0 aliphatic carbocycles. The first-order valence-corrected chi connectivity index (χ1v) is 5.71. The summed E-state index contributed by atoms with van der Waals surface area (Å²) in [6.45, 7) is 4.17. The van der Waals surface area contributed by atoms with Crippen molar-refractivity contribution in [1.82, 2.24) is 0 Å². The molecule has 1 rings (SSSR count). The van der Waals surface area contributed by atoms with Crippen LogP contribution >= 0.6 is 0 Å². The molecular formula is C10H14OV. The fraction of sp³-hybridized carbons (Fsp3) is 0.400. The zero-order valence-electron chi connectivity index (χ0n) is 7.53. The number of rotatable bonds is 4. The van der Waals surface area contributed by atoms with Crippen molar-refractivity contribution in [2.75, 3.05) is 0 Å². The molecule has 0 aromatic heterocycles. The van der Waals surface area contributed by atoms with Gasteiger partial charge in [0.2, 0.25) is 0 Å². The second-order valence-corrected chi connectivity index (χ2v) is 4.15. The van der Waals surface area contributed by atoms with E-state index in [-0.39, 0.29) is 16.6 Å². The van der Waals surface area contributed by atoms with Crippen LogP contribution in [0.4, 0.5) is 0 Å². The minimum atomic E-state index is 0.0411. The summed E-state index contributed by atoms with van der Waals surface area (Å²) in [6, 6.07) is 10.5. The van der Waals surface area contributed by atoms with Crippen molar-refractivity contribution in [2.24, 2.45) is 0 Å². The molecule has 1 aromatic carbocycles. The molecule has 0 atom stereocenters. The molecule has 1 nitrogen and oxygen atoms in total. The second-order valence-electron chi connectivity index (χ2n) is 2.93. The Morgan fingerprint density at radius 1 is 1.25 bits per heavy atom. The van der Waals surface area contributed by atoms with Crippen LogP contribution in [0, 0.1) is 0 Å². The topological polar surface area (TPSA) is 9.23 Å².